The van der Waals surface area contributed by atoms with Gasteiger partial charge in [-0.1, -0.05) is 133 Å². The van der Waals surface area contributed by atoms with Gasteiger partial charge in [0, 0.05) is 36.6 Å². The highest BCUT2D eigenvalue weighted by Crippen LogP contribution is 2.66. The Bertz CT molecular complexity index is 1590. The Balaban J connectivity index is 1.34. The van der Waals surface area contributed by atoms with Gasteiger partial charge < -0.3 is 0 Å². The zero-order valence-corrected chi connectivity index (χ0v) is 28.6. The monoisotopic (exact) mass is 608 g/mol. The summed E-state index contributed by atoms with van der Waals surface area (Å²) in [5.74, 6) is 1.45. The van der Waals surface area contributed by atoms with E-state index in [4.69, 9.17) is 0 Å². The van der Waals surface area contributed by atoms with Crippen LogP contribution in [0.15, 0.2) is 122 Å². The molecule has 222 valence electrons. The molecule has 0 radical (unpaired) electrons. The summed E-state index contributed by atoms with van der Waals surface area (Å²) >= 11 is 0. The van der Waals surface area contributed by atoms with Gasteiger partial charge in [0.2, 0.25) is 0 Å². The minimum absolute atomic E-state index is 0.348. The second-order valence-electron chi connectivity index (χ2n) is 15.0. The lowest BCUT2D eigenvalue weighted by molar-refractivity contribution is 0.228. The van der Waals surface area contributed by atoms with E-state index in [0.717, 1.165) is 0 Å². The van der Waals surface area contributed by atoms with Crippen LogP contribution in [-0.4, -0.2) is 26.1 Å². The average molecular weight is 609 g/mol. The zero-order valence-electron chi connectivity index (χ0n) is 26.6. The van der Waals surface area contributed by atoms with Crippen LogP contribution >= 0.6 is 0 Å². The molecule has 0 saturated heterocycles. The standard InChI is InChI=1S/C40H44N2Si2/c1-43(2)25-29-12-16-33(17-13-29)37-38(40(36-11-7-21-42-24-36)39(37)35-10-6-20-41-23-35)34-18-14-30(15-19-34)26-44(3,4)28-32-9-5-8-31(22-32)27-43/h5-24,37-40H,25-28H2,1-4H3/t37-,38+,39-,40-/m1/s1. The third-order valence-corrected chi connectivity index (χ3v) is 15.6. The van der Waals surface area contributed by atoms with Gasteiger partial charge in [0.15, 0.2) is 0 Å². The molecule has 5 aromatic rings. The molecule has 4 heteroatoms. The third kappa shape index (κ3) is 6.03. The largest absolute Gasteiger partial charge is 0.264 e. The maximum atomic E-state index is 4.57. The van der Waals surface area contributed by atoms with Crippen molar-refractivity contribution in [2.75, 3.05) is 0 Å². The number of pyridine rings is 2. The van der Waals surface area contributed by atoms with Crippen LogP contribution in [0.4, 0.5) is 0 Å². The van der Waals surface area contributed by atoms with Gasteiger partial charge in [0.25, 0.3) is 0 Å². The molecular formula is C40H44N2Si2. The zero-order chi connectivity index (χ0) is 30.3. The molecule has 0 unspecified atom stereocenters. The number of benzene rings is 3. The van der Waals surface area contributed by atoms with E-state index in [9.17, 15) is 0 Å². The van der Waals surface area contributed by atoms with Crippen molar-refractivity contribution in [1.29, 1.82) is 0 Å². The van der Waals surface area contributed by atoms with Gasteiger partial charge in [0.1, 0.15) is 0 Å². The molecule has 1 fully saturated rings. The Hall–Kier alpha value is -3.61. The van der Waals surface area contributed by atoms with Crippen molar-refractivity contribution in [1.82, 2.24) is 9.97 Å². The summed E-state index contributed by atoms with van der Waals surface area (Å²) < 4.78 is 0. The molecule has 0 amide bonds. The van der Waals surface area contributed by atoms with Crippen LogP contribution in [-0.2, 0) is 24.2 Å². The number of aromatic nitrogens is 2. The van der Waals surface area contributed by atoms with Crippen molar-refractivity contribution in [3.05, 3.63) is 166 Å². The van der Waals surface area contributed by atoms with Crippen LogP contribution in [0, 0.1) is 0 Å². The highest BCUT2D eigenvalue weighted by Gasteiger charge is 2.52. The molecule has 6 bridgehead atoms. The minimum atomic E-state index is -1.50. The number of hydrogen-bond donors (Lipinski definition) is 0. The van der Waals surface area contributed by atoms with Gasteiger partial charge in [-0.25, -0.2) is 0 Å². The minimum Gasteiger partial charge on any atom is -0.264 e. The second-order valence-corrected chi connectivity index (χ2v) is 25.1. The summed E-state index contributed by atoms with van der Waals surface area (Å²) in [6, 6.07) is 42.7. The van der Waals surface area contributed by atoms with Crippen molar-refractivity contribution >= 4 is 16.1 Å². The molecule has 2 nitrogen and oxygen atoms in total. The molecule has 3 aliphatic heterocycles. The molecule has 1 saturated carbocycles. The van der Waals surface area contributed by atoms with Gasteiger partial charge >= 0.3 is 0 Å². The fraction of sp³-hybridized carbons (Fsp3) is 0.300. The fourth-order valence-electron chi connectivity index (χ4n) is 8.45. The Morgan fingerprint density at radius 1 is 0.432 bits per heavy atom. The molecule has 5 heterocycles. The van der Waals surface area contributed by atoms with Gasteiger partial charge in [0.05, 0.1) is 16.1 Å². The van der Waals surface area contributed by atoms with Crippen LogP contribution in [0.25, 0.3) is 0 Å². The number of rotatable bonds is 2. The predicted octanol–water partition coefficient (Wildman–Crippen LogP) is 9.38. The Kier molecular flexibility index (Phi) is 7.76. The SMILES string of the molecule is C[Si]1(C)Cc2ccc(cc2)[C@@H]2[C@H](c3ccc(cc3)C[Si](C)(C)Cc3cccc(c3)C1)[C@@H](c1cccnc1)[C@@H]2c1cccnc1. The molecule has 2 aromatic heterocycles. The van der Waals surface area contributed by atoms with Crippen LogP contribution in [0.5, 0.6) is 0 Å². The van der Waals surface area contributed by atoms with Gasteiger partial charge in [-0.2, -0.15) is 0 Å². The molecule has 0 N–H and O–H groups in total. The Labute approximate surface area is 265 Å². The first-order chi connectivity index (χ1) is 21.2. The van der Waals surface area contributed by atoms with Crippen molar-refractivity contribution in [2.24, 2.45) is 0 Å². The Morgan fingerprint density at radius 2 is 0.818 bits per heavy atom. The second kappa shape index (κ2) is 11.7. The lowest BCUT2D eigenvalue weighted by atomic mass is 9.49. The van der Waals surface area contributed by atoms with E-state index in [1.807, 2.05) is 12.4 Å². The van der Waals surface area contributed by atoms with E-state index in [1.54, 1.807) is 0 Å². The van der Waals surface area contributed by atoms with E-state index in [-0.39, 0.29) is 0 Å². The molecule has 44 heavy (non-hydrogen) atoms. The lowest BCUT2D eigenvalue weighted by Gasteiger charge is -2.53. The average Bonchev–Trinajstić information content (AvgIpc) is 2.98. The summed E-state index contributed by atoms with van der Waals surface area (Å²) in [4.78, 5) is 9.15. The van der Waals surface area contributed by atoms with E-state index < -0.39 is 16.1 Å². The molecular weight excluding hydrogens is 565 g/mol. The first-order valence-electron chi connectivity index (χ1n) is 16.3. The van der Waals surface area contributed by atoms with Crippen LogP contribution in [0.3, 0.4) is 0 Å². The van der Waals surface area contributed by atoms with E-state index in [2.05, 4.69) is 146 Å². The van der Waals surface area contributed by atoms with Crippen molar-refractivity contribution < 1.29 is 0 Å². The molecule has 0 spiro atoms. The summed E-state index contributed by atoms with van der Waals surface area (Å²) in [5.41, 5.74) is 11.5. The highest BCUT2D eigenvalue weighted by atomic mass is 28.3. The molecule has 1 aliphatic carbocycles. The molecule has 3 aromatic carbocycles. The lowest BCUT2D eigenvalue weighted by Crippen LogP contribution is -2.40. The number of nitrogens with zero attached hydrogens (tertiary/aromatic N) is 2. The van der Waals surface area contributed by atoms with Crippen LogP contribution < -0.4 is 0 Å². The van der Waals surface area contributed by atoms with E-state index in [1.165, 1.54) is 68.7 Å². The van der Waals surface area contributed by atoms with E-state index in [0.29, 0.717) is 23.7 Å². The smallest absolute Gasteiger partial charge is 0.0561 e. The highest BCUT2D eigenvalue weighted by molar-refractivity contribution is 6.76. The predicted molar refractivity (Wildman–Crippen MR) is 189 cm³/mol. The molecule has 4 atom stereocenters. The van der Waals surface area contributed by atoms with Crippen LogP contribution in [0.2, 0.25) is 26.2 Å². The summed E-state index contributed by atoms with van der Waals surface area (Å²) in [7, 11) is -2.99. The van der Waals surface area contributed by atoms with Crippen molar-refractivity contribution in [2.45, 2.75) is 74.0 Å². The summed E-state index contributed by atoms with van der Waals surface area (Å²) in [6.45, 7) is 10.3. The fourth-order valence-corrected chi connectivity index (χ4v) is 14.0. The van der Waals surface area contributed by atoms with E-state index >= 15 is 0 Å². The number of hydrogen-bond acceptors (Lipinski definition) is 2. The van der Waals surface area contributed by atoms with Gasteiger partial charge in [-0.15, -0.1) is 0 Å². The van der Waals surface area contributed by atoms with Crippen molar-refractivity contribution in [3.63, 3.8) is 0 Å². The first-order valence-corrected chi connectivity index (χ1v) is 23.1. The van der Waals surface area contributed by atoms with Gasteiger partial charge in [-0.05, 0) is 70.4 Å². The molecule has 9 rings (SSSR count). The van der Waals surface area contributed by atoms with Gasteiger partial charge in [-0.3, -0.25) is 9.97 Å². The topological polar surface area (TPSA) is 25.8 Å². The summed E-state index contributed by atoms with van der Waals surface area (Å²) in [6.07, 6.45) is 7.97. The normalized spacial score (nSPS) is 23.9. The maximum absolute atomic E-state index is 4.57. The Morgan fingerprint density at radius 3 is 1.20 bits per heavy atom. The third-order valence-electron chi connectivity index (χ3n) is 10.1. The number of fused-ring (bicyclic) bond motifs is 2. The quantitative estimate of drug-likeness (QED) is 0.187. The first kappa shape index (κ1) is 29.1. The molecule has 4 aliphatic rings. The van der Waals surface area contributed by atoms with Crippen LogP contribution in [0.1, 0.15) is 68.2 Å². The summed E-state index contributed by atoms with van der Waals surface area (Å²) in [5, 5.41) is 0. The van der Waals surface area contributed by atoms with Crippen molar-refractivity contribution in [3.8, 4) is 0 Å². The maximum Gasteiger partial charge on any atom is 0.0561 e.